The van der Waals surface area contributed by atoms with Crippen LogP contribution in [0.4, 0.5) is 5.69 Å². The molecule has 3 aromatic carbocycles. The van der Waals surface area contributed by atoms with E-state index in [4.69, 9.17) is 14.2 Å². The van der Waals surface area contributed by atoms with Crippen molar-refractivity contribution in [2.45, 2.75) is 38.1 Å². The molecule has 0 bridgehead atoms. The van der Waals surface area contributed by atoms with Gasteiger partial charge in [0.2, 0.25) is 5.75 Å². The van der Waals surface area contributed by atoms with E-state index in [1.54, 1.807) is 0 Å². The number of nitro benzene ring substituents is 1. The van der Waals surface area contributed by atoms with Crippen molar-refractivity contribution in [3.63, 3.8) is 0 Å². The third-order valence-electron chi connectivity index (χ3n) is 7.25. The number of aromatic nitrogens is 2. The van der Waals surface area contributed by atoms with Crippen LogP contribution in [0.5, 0.6) is 17.2 Å². The van der Waals surface area contributed by atoms with Gasteiger partial charge in [0.25, 0.3) is 5.91 Å². The predicted molar refractivity (Wildman–Crippen MR) is 156 cm³/mol. The van der Waals surface area contributed by atoms with Gasteiger partial charge >= 0.3 is 5.69 Å². The molecular formula is C31H32N4O7. The number of amides is 1. The SMILES string of the molecule is COc1cc(OCCCCCOc2ccc(-c3nc4ccccc4[nH]3)cc2)c([N+](=O)[O-])c(C(=O)N2CCC[C@H]2C=O)c1. The molecule has 0 saturated carbocycles. The van der Waals surface area contributed by atoms with Gasteiger partial charge < -0.3 is 28.9 Å². The van der Waals surface area contributed by atoms with Crippen LogP contribution in [0, 0.1) is 10.1 Å². The van der Waals surface area contributed by atoms with Crippen LogP contribution in [0.2, 0.25) is 0 Å². The monoisotopic (exact) mass is 572 g/mol. The average Bonchev–Trinajstić information content (AvgIpc) is 3.67. The van der Waals surface area contributed by atoms with E-state index < -0.39 is 22.6 Å². The number of hydrogen-bond donors (Lipinski definition) is 1. The first-order valence-corrected chi connectivity index (χ1v) is 13.9. The number of benzene rings is 3. The highest BCUT2D eigenvalue weighted by atomic mass is 16.6. The quantitative estimate of drug-likeness (QED) is 0.0949. The number of imidazole rings is 1. The highest BCUT2D eigenvalue weighted by Gasteiger charge is 2.35. The summed E-state index contributed by atoms with van der Waals surface area (Å²) in [5, 5.41) is 12.0. The lowest BCUT2D eigenvalue weighted by Crippen LogP contribution is -2.36. The summed E-state index contributed by atoms with van der Waals surface area (Å²) in [4.78, 5) is 45.2. The molecule has 1 amide bonds. The zero-order valence-electron chi connectivity index (χ0n) is 23.3. The van der Waals surface area contributed by atoms with Gasteiger partial charge in [0.15, 0.2) is 0 Å². The standard InChI is InChI=1S/C31H32N4O7/c1-40-24-18-25(31(37)34-15-7-8-22(34)20-36)29(35(38)39)28(19-24)42-17-6-2-5-16-41-23-13-11-21(12-14-23)30-32-26-9-3-4-10-27(26)33-30/h3-4,9-14,18-20,22H,2,5-8,15-17H2,1H3,(H,32,33)/t22-/m0/s1. The minimum Gasteiger partial charge on any atom is -0.497 e. The number of fused-ring (bicyclic) bond motifs is 1. The third-order valence-corrected chi connectivity index (χ3v) is 7.25. The molecule has 1 saturated heterocycles. The Kier molecular flexibility index (Phi) is 8.96. The van der Waals surface area contributed by atoms with E-state index in [0.29, 0.717) is 38.7 Å². The number of nitrogens with one attached hydrogen (secondary N) is 1. The number of aromatic amines is 1. The van der Waals surface area contributed by atoms with E-state index >= 15 is 0 Å². The molecule has 42 heavy (non-hydrogen) atoms. The van der Waals surface area contributed by atoms with E-state index in [9.17, 15) is 19.7 Å². The van der Waals surface area contributed by atoms with Gasteiger partial charge in [0, 0.05) is 24.2 Å². The van der Waals surface area contributed by atoms with E-state index in [1.165, 1.54) is 24.1 Å². The fourth-order valence-electron chi connectivity index (χ4n) is 5.05. The summed E-state index contributed by atoms with van der Waals surface area (Å²) in [6.07, 6.45) is 4.07. The van der Waals surface area contributed by atoms with Crippen molar-refractivity contribution in [2.24, 2.45) is 0 Å². The van der Waals surface area contributed by atoms with Crippen molar-refractivity contribution < 1.29 is 28.7 Å². The number of likely N-dealkylation sites (tertiary alicyclic amines) is 1. The third kappa shape index (κ3) is 6.35. The zero-order valence-corrected chi connectivity index (χ0v) is 23.3. The second kappa shape index (κ2) is 13.2. The summed E-state index contributed by atoms with van der Waals surface area (Å²) in [5.74, 6) is 1.20. The van der Waals surface area contributed by atoms with Gasteiger partial charge in [-0.25, -0.2) is 4.98 Å². The molecule has 1 atom stereocenters. The first-order chi connectivity index (χ1) is 20.5. The second-order valence-corrected chi connectivity index (χ2v) is 10.0. The summed E-state index contributed by atoms with van der Waals surface area (Å²) >= 11 is 0. The van der Waals surface area contributed by atoms with Crippen molar-refractivity contribution in [3.8, 4) is 28.6 Å². The van der Waals surface area contributed by atoms with Gasteiger partial charge in [0.05, 0.1) is 42.3 Å². The molecule has 2 heterocycles. The topological polar surface area (TPSA) is 137 Å². The molecule has 4 aromatic rings. The van der Waals surface area contributed by atoms with Crippen LogP contribution < -0.4 is 14.2 Å². The van der Waals surface area contributed by atoms with Crippen molar-refractivity contribution in [1.29, 1.82) is 0 Å². The molecule has 1 N–H and O–H groups in total. The summed E-state index contributed by atoms with van der Waals surface area (Å²) in [7, 11) is 1.41. The molecule has 1 fully saturated rings. The largest absolute Gasteiger partial charge is 0.497 e. The lowest BCUT2D eigenvalue weighted by Gasteiger charge is -2.21. The molecule has 1 aliphatic heterocycles. The Morgan fingerprint density at radius 2 is 1.83 bits per heavy atom. The van der Waals surface area contributed by atoms with Crippen LogP contribution in [0.15, 0.2) is 60.7 Å². The molecule has 11 nitrogen and oxygen atoms in total. The van der Waals surface area contributed by atoms with E-state index in [0.717, 1.165) is 41.0 Å². The van der Waals surface area contributed by atoms with E-state index in [2.05, 4.69) is 9.97 Å². The number of para-hydroxylation sites is 2. The number of methoxy groups -OCH3 is 1. The fraction of sp³-hybridized carbons (Fsp3) is 0.323. The van der Waals surface area contributed by atoms with Crippen LogP contribution in [0.3, 0.4) is 0 Å². The maximum atomic E-state index is 13.2. The number of nitrogens with zero attached hydrogens (tertiary/aromatic N) is 3. The molecule has 1 aliphatic rings. The Hall–Kier alpha value is -4.93. The molecule has 218 valence electrons. The number of ether oxygens (including phenoxy) is 3. The number of nitro groups is 1. The molecule has 1 aromatic heterocycles. The highest BCUT2D eigenvalue weighted by molar-refractivity contribution is 6.01. The number of hydrogen-bond acceptors (Lipinski definition) is 8. The van der Waals surface area contributed by atoms with Crippen LogP contribution in [-0.2, 0) is 4.79 Å². The van der Waals surface area contributed by atoms with E-state index in [1.807, 2.05) is 48.5 Å². The van der Waals surface area contributed by atoms with Gasteiger partial charge in [-0.1, -0.05) is 12.1 Å². The molecule has 0 radical (unpaired) electrons. The average molecular weight is 573 g/mol. The second-order valence-electron chi connectivity index (χ2n) is 10.0. The molecule has 11 heteroatoms. The Balaban J connectivity index is 1.12. The van der Waals surface area contributed by atoms with Crippen LogP contribution in [0.25, 0.3) is 22.4 Å². The molecular weight excluding hydrogens is 540 g/mol. The Morgan fingerprint density at radius 1 is 1.07 bits per heavy atom. The lowest BCUT2D eigenvalue weighted by atomic mass is 10.1. The number of carbonyl (C=O) groups excluding carboxylic acids is 2. The maximum absolute atomic E-state index is 13.2. The van der Waals surface area contributed by atoms with Gasteiger partial charge in [-0.05, 0) is 68.5 Å². The summed E-state index contributed by atoms with van der Waals surface area (Å²) in [6.45, 7) is 1.09. The number of unbranched alkanes of at least 4 members (excludes halogenated alkanes) is 2. The lowest BCUT2D eigenvalue weighted by molar-refractivity contribution is -0.386. The van der Waals surface area contributed by atoms with E-state index in [-0.39, 0.29) is 23.7 Å². The Labute approximate surface area is 242 Å². The summed E-state index contributed by atoms with van der Waals surface area (Å²) in [6, 6.07) is 17.8. The number of rotatable bonds is 13. The number of carbonyl (C=O) groups is 2. The minimum atomic E-state index is -0.624. The van der Waals surface area contributed by atoms with Gasteiger partial charge in [-0.15, -0.1) is 0 Å². The normalized spacial score (nSPS) is 14.6. The number of H-pyrrole nitrogens is 1. The van der Waals surface area contributed by atoms with Crippen LogP contribution >= 0.6 is 0 Å². The van der Waals surface area contributed by atoms with Crippen LogP contribution in [-0.4, -0.2) is 64.9 Å². The van der Waals surface area contributed by atoms with Crippen molar-refractivity contribution in [1.82, 2.24) is 14.9 Å². The summed E-state index contributed by atoms with van der Waals surface area (Å²) < 4.78 is 16.9. The Morgan fingerprint density at radius 3 is 2.55 bits per heavy atom. The van der Waals surface area contributed by atoms with Crippen molar-refractivity contribution in [3.05, 3.63) is 76.3 Å². The fourth-order valence-corrected chi connectivity index (χ4v) is 5.05. The van der Waals surface area contributed by atoms with Crippen molar-refractivity contribution in [2.75, 3.05) is 26.9 Å². The first-order valence-electron chi connectivity index (χ1n) is 13.9. The predicted octanol–water partition coefficient (Wildman–Crippen LogP) is 5.58. The highest BCUT2D eigenvalue weighted by Crippen LogP contribution is 2.37. The zero-order chi connectivity index (χ0) is 29.5. The summed E-state index contributed by atoms with van der Waals surface area (Å²) in [5.41, 5.74) is 2.30. The Bertz CT molecular complexity index is 1530. The van der Waals surface area contributed by atoms with Gasteiger partial charge in [-0.3, -0.25) is 14.9 Å². The van der Waals surface area contributed by atoms with Gasteiger partial charge in [-0.2, -0.15) is 0 Å². The maximum Gasteiger partial charge on any atom is 0.323 e. The molecule has 0 spiro atoms. The first kappa shape index (κ1) is 28.6. The van der Waals surface area contributed by atoms with Gasteiger partial charge in [0.1, 0.15) is 29.2 Å². The molecule has 0 aliphatic carbocycles. The van der Waals surface area contributed by atoms with Crippen molar-refractivity contribution >= 4 is 28.9 Å². The van der Waals surface area contributed by atoms with Crippen LogP contribution in [0.1, 0.15) is 42.5 Å². The molecule has 5 rings (SSSR count). The molecule has 0 unspecified atom stereocenters. The number of aldehydes is 1. The minimum absolute atomic E-state index is 0.0367. The smallest absolute Gasteiger partial charge is 0.323 e.